The second-order valence-corrected chi connectivity index (χ2v) is 6.77. The minimum atomic E-state index is -4.56. The number of carbonyl (C=O) groups excluding carboxylic acids is 2. The predicted octanol–water partition coefficient (Wildman–Crippen LogP) is 3.90. The average molecular weight is 391 g/mol. The molecule has 1 aromatic heterocycles. The minimum Gasteiger partial charge on any atom is -0.338 e. The summed E-state index contributed by atoms with van der Waals surface area (Å²) in [5.74, 6) is -0.956. The third kappa shape index (κ3) is 4.49. The zero-order chi connectivity index (χ0) is 20.3. The maximum absolute atomic E-state index is 12.8. The second kappa shape index (κ2) is 8.00. The first-order valence-corrected chi connectivity index (χ1v) is 8.96. The van der Waals surface area contributed by atoms with Crippen LogP contribution < -0.4 is 5.32 Å². The standard InChI is InChI=1S/C20H20F3N3O2/c1-13-16(9-10-17(24-13)20(21,22)23)19(28)26-11-5-6-14(12-26)18(27)25-15-7-3-2-4-8-15/h2-4,7-10,14H,5-6,11-12H2,1H3,(H,25,27). The molecule has 2 aromatic rings. The Balaban J connectivity index is 1.70. The molecule has 2 heterocycles. The summed E-state index contributed by atoms with van der Waals surface area (Å²) in [5, 5.41) is 2.83. The Morgan fingerprint density at radius 1 is 1.14 bits per heavy atom. The van der Waals surface area contributed by atoms with Crippen molar-refractivity contribution in [2.24, 2.45) is 5.92 Å². The van der Waals surface area contributed by atoms with Crippen molar-refractivity contribution in [2.75, 3.05) is 18.4 Å². The monoisotopic (exact) mass is 391 g/mol. The number of benzene rings is 1. The number of halogens is 3. The van der Waals surface area contributed by atoms with Crippen molar-refractivity contribution in [1.82, 2.24) is 9.88 Å². The lowest BCUT2D eigenvalue weighted by Crippen LogP contribution is -2.44. The fourth-order valence-corrected chi connectivity index (χ4v) is 3.26. The summed E-state index contributed by atoms with van der Waals surface area (Å²) in [6, 6.07) is 11.0. The number of anilines is 1. The Kier molecular flexibility index (Phi) is 5.67. The molecular weight excluding hydrogens is 371 g/mol. The molecule has 1 N–H and O–H groups in total. The highest BCUT2D eigenvalue weighted by Crippen LogP contribution is 2.29. The highest BCUT2D eigenvalue weighted by Gasteiger charge is 2.34. The van der Waals surface area contributed by atoms with Gasteiger partial charge in [-0.3, -0.25) is 9.59 Å². The molecule has 148 valence electrons. The number of piperidine rings is 1. The summed E-state index contributed by atoms with van der Waals surface area (Å²) in [5.41, 5.74) is -0.202. The summed E-state index contributed by atoms with van der Waals surface area (Å²) in [4.78, 5) is 30.3. The number of carbonyl (C=O) groups is 2. The van der Waals surface area contributed by atoms with Gasteiger partial charge in [-0.25, -0.2) is 4.98 Å². The van der Waals surface area contributed by atoms with Crippen LogP contribution in [0.15, 0.2) is 42.5 Å². The molecule has 2 amide bonds. The van der Waals surface area contributed by atoms with Crippen molar-refractivity contribution in [2.45, 2.75) is 25.9 Å². The van der Waals surface area contributed by atoms with Crippen molar-refractivity contribution in [3.05, 3.63) is 59.4 Å². The van der Waals surface area contributed by atoms with Crippen molar-refractivity contribution >= 4 is 17.5 Å². The van der Waals surface area contributed by atoms with E-state index in [9.17, 15) is 22.8 Å². The highest BCUT2D eigenvalue weighted by atomic mass is 19.4. The van der Waals surface area contributed by atoms with E-state index in [1.807, 2.05) is 18.2 Å². The highest BCUT2D eigenvalue weighted by molar-refractivity contribution is 5.97. The summed E-state index contributed by atoms with van der Waals surface area (Å²) in [6.45, 7) is 2.05. The fraction of sp³-hybridized carbons (Fsp3) is 0.350. The summed E-state index contributed by atoms with van der Waals surface area (Å²) < 4.78 is 38.3. The van der Waals surface area contributed by atoms with Crippen LogP contribution in [0.1, 0.15) is 34.6 Å². The van der Waals surface area contributed by atoms with Gasteiger partial charge in [-0.05, 0) is 44.0 Å². The van der Waals surface area contributed by atoms with E-state index in [-0.39, 0.29) is 29.6 Å². The molecule has 0 bridgehead atoms. The number of alkyl halides is 3. The summed E-state index contributed by atoms with van der Waals surface area (Å²) in [6.07, 6.45) is -3.27. The Labute approximate surface area is 160 Å². The van der Waals surface area contributed by atoms with Crippen molar-refractivity contribution < 1.29 is 22.8 Å². The minimum absolute atomic E-state index is 0.0238. The van der Waals surface area contributed by atoms with E-state index in [4.69, 9.17) is 0 Å². The molecule has 1 unspecified atom stereocenters. The average Bonchev–Trinajstić information content (AvgIpc) is 2.67. The third-order valence-electron chi connectivity index (χ3n) is 4.73. The zero-order valence-electron chi connectivity index (χ0n) is 15.3. The predicted molar refractivity (Wildman–Crippen MR) is 97.7 cm³/mol. The van der Waals surface area contributed by atoms with E-state index in [1.165, 1.54) is 11.8 Å². The normalized spacial score (nSPS) is 17.3. The third-order valence-corrected chi connectivity index (χ3v) is 4.73. The first-order valence-electron chi connectivity index (χ1n) is 8.96. The molecule has 1 saturated heterocycles. The van der Waals surface area contributed by atoms with Crippen LogP contribution >= 0.6 is 0 Å². The molecular formula is C20H20F3N3O2. The molecule has 3 rings (SSSR count). The van der Waals surface area contributed by atoms with Crippen LogP contribution in [0.3, 0.4) is 0 Å². The van der Waals surface area contributed by atoms with Gasteiger partial charge >= 0.3 is 6.18 Å². The van der Waals surface area contributed by atoms with E-state index in [0.29, 0.717) is 25.1 Å². The topological polar surface area (TPSA) is 62.3 Å². The fourth-order valence-electron chi connectivity index (χ4n) is 3.26. The number of nitrogens with zero attached hydrogens (tertiary/aromatic N) is 2. The SMILES string of the molecule is Cc1nc(C(F)(F)F)ccc1C(=O)N1CCCC(C(=O)Nc2ccccc2)C1. The van der Waals surface area contributed by atoms with Gasteiger partial charge in [0.15, 0.2) is 0 Å². The molecule has 1 aromatic carbocycles. The quantitative estimate of drug-likeness (QED) is 0.863. The first-order chi connectivity index (χ1) is 13.3. The van der Waals surface area contributed by atoms with Gasteiger partial charge in [-0.1, -0.05) is 18.2 Å². The molecule has 0 radical (unpaired) electrons. The Morgan fingerprint density at radius 2 is 1.86 bits per heavy atom. The Bertz CT molecular complexity index is 869. The van der Waals surface area contributed by atoms with Crippen LogP contribution in [0, 0.1) is 12.8 Å². The Morgan fingerprint density at radius 3 is 2.50 bits per heavy atom. The second-order valence-electron chi connectivity index (χ2n) is 6.77. The van der Waals surface area contributed by atoms with Crippen molar-refractivity contribution in [3.63, 3.8) is 0 Å². The Hall–Kier alpha value is -2.90. The van der Waals surface area contributed by atoms with E-state index >= 15 is 0 Å². The number of amides is 2. The van der Waals surface area contributed by atoms with Gasteiger partial charge in [0.25, 0.3) is 5.91 Å². The van der Waals surface area contributed by atoms with Gasteiger partial charge < -0.3 is 10.2 Å². The lowest BCUT2D eigenvalue weighted by molar-refractivity contribution is -0.141. The number of aromatic nitrogens is 1. The van der Waals surface area contributed by atoms with E-state index in [0.717, 1.165) is 12.1 Å². The molecule has 5 nitrogen and oxygen atoms in total. The number of hydrogen-bond acceptors (Lipinski definition) is 3. The summed E-state index contributed by atoms with van der Waals surface area (Å²) >= 11 is 0. The number of aryl methyl sites for hydroxylation is 1. The lowest BCUT2D eigenvalue weighted by atomic mass is 9.96. The smallest absolute Gasteiger partial charge is 0.338 e. The maximum atomic E-state index is 12.8. The number of nitrogens with one attached hydrogen (secondary N) is 1. The number of pyridine rings is 1. The summed E-state index contributed by atoms with van der Waals surface area (Å²) in [7, 11) is 0. The molecule has 1 aliphatic heterocycles. The zero-order valence-corrected chi connectivity index (χ0v) is 15.3. The van der Waals surface area contributed by atoms with Gasteiger partial charge in [-0.15, -0.1) is 0 Å². The molecule has 0 saturated carbocycles. The molecule has 1 aliphatic rings. The number of hydrogen-bond donors (Lipinski definition) is 1. The van der Waals surface area contributed by atoms with Gasteiger partial charge in [-0.2, -0.15) is 13.2 Å². The van der Waals surface area contributed by atoms with Crippen LogP contribution in [0.25, 0.3) is 0 Å². The molecule has 0 spiro atoms. The molecule has 28 heavy (non-hydrogen) atoms. The molecule has 1 atom stereocenters. The maximum Gasteiger partial charge on any atom is 0.433 e. The van der Waals surface area contributed by atoms with Gasteiger partial charge in [0.05, 0.1) is 17.2 Å². The van der Waals surface area contributed by atoms with Gasteiger partial charge in [0.2, 0.25) is 5.91 Å². The van der Waals surface area contributed by atoms with Crippen LogP contribution in [0.2, 0.25) is 0 Å². The van der Waals surface area contributed by atoms with E-state index < -0.39 is 17.8 Å². The first kappa shape index (κ1) is 19.9. The number of likely N-dealkylation sites (tertiary alicyclic amines) is 1. The molecule has 8 heteroatoms. The number of para-hydroxylation sites is 1. The molecule has 0 aliphatic carbocycles. The van der Waals surface area contributed by atoms with Crippen LogP contribution in [-0.2, 0) is 11.0 Å². The van der Waals surface area contributed by atoms with Crippen LogP contribution in [-0.4, -0.2) is 34.8 Å². The van der Waals surface area contributed by atoms with Crippen LogP contribution in [0.4, 0.5) is 18.9 Å². The van der Waals surface area contributed by atoms with Gasteiger partial charge in [0.1, 0.15) is 5.69 Å². The largest absolute Gasteiger partial charge is 0.433 e. The van der Waals surface area contributed by atoms with Crippen molar-refractivity contribution in [3.8, 4) is 0 Å². The van der Waals surface area contributed by atoms with Crippen molar-refractivity contribution in [1.29, 1.82) is 0 Å². The van der Waals surface area contributed by atoms with Gasteiger partial charge in [0, 0.05) is 18.8 Å². The number of rotatable bonds is 3. The van der Waals surface area contributed by atoms with E-state index in [2.05, 4.69) is 10.3 Å². The van der Waals surface area contributed by atoms with E-state index in [1.54, 1.807) is 12.1 Å². The lowest BCUT2D eigenvalue weighted by Gasteiger charge is -2.32. The molecule has 1 fully saturated rings. The van der Waals surface area contributed by atoms with Crippen LogP contribution in [0.5, 0.6) is 0 Å².